The molecule has 0 amide bonds. The average molecular weight is 160 g/mol. The molecule has 0 unspecified atom stereocenters. The summed E-state index contributed by atoms with van der Waals surface area (Å²) in [5.74, 6) is 0. The molecule has 0 aliphatic rings. The molecule has 0 aromatic carbocycles. The van der Waals surface area contributed by atoms with Crippen molar-refractivity contribution >= 4 is 21.8 Å². The molecule has 0 aliphatic carbocycles. The van der Waals surface area contributed by atoms with Gasteiger partial charge in [0.05, 0.1) is 5.04 Å². The monoisotopic (exact) mass is 160 g/mol. The molecule has 4 heteroatoms. The Kier molecular flexibility index (Phi) is 4.31. The van der Waals surface area contributed by atoms with E-state index in [9.17, 15) is 0 Å². The van der Waals surface area contributed by atoms with E-state index in [1.165, 1.54) is 11.8 Å². The third-order valence-corrected chi connectivity index (χ3v) is 1.44. The molecule has 0 aromatic rings. The molecular weight excluding hydrogens is 146 g/mol. The van der Waals surface area contributed by atoms with Gasteiger partial charge in [0.25, 0.3) is 0 Å². The molecule has 0 bridgehead atoms. The highest BCUT2D eigenvalue weighted by Crippen LogP contribution is 2.01. The smallest absolute Gasteiger partial charge is 0.210 e. The zero-order valence-corrected chi connectivity index (χ0v) is 7.46. The van der Waals surface area contributed by atoms with Gasteiger partial charge in [0, 0.05) is 13.5 Å². The van der Waals surface area contributed by atoms with E-state index in [1.54, 1.807) is 6.92 Å². The number of nitrogens with two attached hydrogens (primary N) is 1. The topological polar surface area (TPSA) is 52.7 Å². The summed E-state index contributed by atoms with van der Waals surface area (Å²) in [5.41, 5.74) is 0. The number of hydrogen-bond acceptors (Lipinski definition) is 3. The van der Waals surface area contributed by atoms with Gasteiger partial charge in [-0.15, -0.1) is 0 Å². The van der Waals surface area contributed by atoms with Crippen molar-refractivity contribution in [3.8, 4) is 0 Å². The number of nitrogens with one attached hydrogen (secondary N) is 1. The minimum Gasteiger partial charge on any atom is -0.303 e. The van der Waals surface area contributed by atoms with Crippen molar-refractivity contribution in [3.05, 3.63) is 0 Å². The lowest BCUT2D eigenvalue weighted by Crippen LogP contribution is -2.36. The van der Waals surface area contributed by atoms with Gasteiger partial charge < -0.3 is 4.90 Å². The molecule has 0 saturated carbocycles. The van der Waals surface area contributed by atoms with E-state index in [2.05, 4.69) is 0 Å². The highest BCUT2D eigenvalue weighted by molar-refractivity contribution is 8.26. The summed E-state index contributed by atoms with van der Waals surface area (Å²) in [7, 11) is 3.86. The summed E-state index contributed by atoms with van der Waals surface area (Å²) in [6.07, 6.45) is 0. The predicted octanol–water partition coefficient (Wildman–Crippen LogP) is -0.564. The standard InChI is InChI=1S/C6H13N3S/c1-5(7)10-6(8)4-9(2)3/h7-8H,4H2,1-3H3/p+1. The first-order valence-electron chi connectivity index (χ1n) is 3.01. The zero-order chi connectivity index (χ0) is 8.15. The van der Waals surface area contributed by atoms with E-state index >= 15 is 0 Å². The van der Waals surface area contributed by atoms with E-state index in [0.29, 0.717) is 11.6 Å². The normalized spacial score (nSPS) is 10.0. The van der Waals surface area contributed by atoms with Gasteiger partial charge in [-0.1, -0.05) is 0 Å². The van der Waals surface area contributed by atoms with Crippen LogP contribution < -0.4 is 5.41 Å². The second-order valence-electron chi connectivity index (χ2n) is 2.37. The summed E-state index contributed by atoms with van der Waals surface area (Å²) in [6.45, 7) is 2.47. The minimum atomic E-state index is 0.588. The molecule has 3 nitrogen and oxygen atoms in total. The summed E-state index contributed by atoms with van der Waals surface area (Å²) in [6, 6.07) is 0. The van der Waals surface area contributed by atoms with Crippen molar-refractivity contribution in [2.24, 2.45) is 0 Å². The maximum atomic E-state index is 7.37. The fourth-order valence-electron chi connectivity index (χ4n) is 0.514. The lowest BCUT2D eigenvalue weighted by Gasteiger charge is -2.07. The van der Waals surface area contributed by atoms with E-state index < -0.39 is 0 Å². The minimum absolute atomic E-state index is 0.588. The van der Waals surface area contributed by atoms with Gasteiger partial charge in [-0.25, -0.2) is 0 Å². The van der Waals surface area contributed by atoms with Crippen molar-refractivity contribution in [2.45, 2.75) is 6.92 Å². The molecule has 0 heterocycles. The van der Waals surface area contributed by atoms with Gasteiger partial charge in [-0.3, -0.25) is 10.8 Å². The van der Waals surface area contributed by atoms with Crippen molar-refractivity contribution in [1.29, 1.82) is 5.41 Å². The number of thioether (sulfide) groups is 1. The Morgan fingerprint density at radius 1 is 1.60 bits per heavy atom. The van der Waals surface area contributed by atoms with Crippen LogP contribution in [0.4, 0.5) is 0 Å². The van der Waals surface area contributed by atoms with Crippen molar-refractivity contribution < 1.29 is 5.41 Å². The van der Waals surface area contributed by atoms with Crippen LogP contribution in [-0.2, 0) is 0 Å². The highest BCUT2D eigenvalue weighted by Gasteiger charge is 2.02. The first-order valence-corrected chi connectivity index (χ1v) is 3.83. The number of hydrogen-bond donors (Lipinski definition) is 2. The Morgan fingerprint density at radius 2 is 2.10 bits per heavy atom. The molecule has 0 radical (unpaired) electrons. The van der Waals surface area contributed by atoms with Crippen molar-refractivity contribution in [3.63, 3.8) is 0 Å². The molecule has 10 heavy (non-hydrogen) atoms. The molecule has 0 rings (SSSR count). The van der Waals surface area contributed by atoms with Gasteiger partial charge in [-0.05, 0) is 25.9 Å². The fourth-order valence-corrected chi connectivity index (χ4v) is 1.23. The summed E-state index contributed by atoms with van der Waals surface area (Å²) in [4.78, 5) is 1.94. The maximum Gasteiger partial charge on any atom is 0.210 e. The van der Waals surface area contributed by atoms with Crippen LogP contribution in [0.25, 0.3) is 0 Å². The number of nitrogens with zero attached hydrogens (tertiary/aromatic N) is 1. The third-order valence-electron chi connectivity index (χ3n) is 0.744. The molecule has 0 saturated heterocycles. The van der Waals surface area contributed by atoms with Crippen LogP contribution in [0.5, 0.6) is 0 Å². The Hall–Kier alpha value is -0.350. The summed E-state index contributed by atoms with van der Waals surface area (Å²) in [5, 5.41) is 14.1. The second kappa shape index (κ2) is 4.46. The van der Waals surface area contributed by atoms with Crippen LogP contribution in [0.15, 0.2) is 0 Å². The molecule has 0 fully saturated rings. The van der Waals surface area contributed by atoms with Gasteiger partial charge >= 0.3 is 0 Å². The van der Waals surface area contributed by atoms with Crippen LogP contribution in [0, 0.1) is 5.41 Å². The molecule has 3 N–H and O–H groups in total. The molecule has 0 aromatic heterocycles. The molecule has 0 aliphatic heterocycles. The average Bonchev–Trinajstić information content (AvgIpc) is 1.58. The Morgan fingerprint density at radius 3 is 2.40 bits per heavy atom. The van der Waals surface area contributed by atoms with Gasteiger partial charge in [0.1, 0.15) is 0 Å². The molecule has 0 atom stereocenters. The fraction of sp³-hybridized carbons (Fsp3) is 0.667. The Labute approximate surface area is 65.8 Å². The van der Waals surface area contributed by atoms with E-state index in [0.717, 1.165) is 5.04 Å². The van der Waals surface area contributed by atoms with Crippen LogP contribution in [0.1, 0.15) is 6.92 Å². The first-order chi connectivity index (χ1) is 4.52. The summed E-state index contributed by atoms with van der Waals surface area (Å²) < 4.78 is 0. The maximum absolute atomic E-state index is 7.37. The summed E-state index contributed by atoms with van der Waals surface area (Å²) >= 11 is 1.32. The van der Waals surface area contributed by atoms with Gasteiger partial charge in [-0.2, -0.15) is 0 Å². The van der Waals surface area contributed by atoms with Crippen molar-refractivity contribution in [2.75, 3.05) is 20.6 Å². The van der Waals surface area contributed by atoms with E-state index in [1.807, 2.05) is 19.0 Å². The van der Waals surface area contributed by atoms with E-state index in [-0.39, 0.29) is 0 Å². The van der Waals surface area contributed by atoms with Crippen LogP contribution in [0.3, 0.4) is 0 Å². The zero-order valence-electron chi connectivity index (χ0n) is 6.64. The highest BCUT2D eigenvalue weighted by atomic mass is 32.2. The predicted molar refractivity (Wildman–Crippen MR) is 46.5 cm³/mol. The lowest BCUT2D eigenvalue weighted by atomic mass is 10.6. The largest absolute Gasteiger partial charge is 0.303 e. The Bertz CT molecular complexity index is 142. The third kappa shape index (κ3) is 5.78. The second-order valence-corrected chi connectivity index (χ2v) is 3.71. The molecule has 0 spiro atoms. The van der Waals surface area contributed by atoms with Crippen LogP contribution in [-0.4, -0.2) is 35.6 Å². The molecular formula is C6H14N3S+. The van der Waals surface area contributed by atoms with Gasteiger partial charge in [0.2, 0.25) is 5.04 Å². The van der Waals surface area contributed by atoms with Crippen LogP contribution >= 0.6 is 11.8 Å². The number of rotatable bonds is 2. The first kappa shape index (κ1) is 9.65. The Balaban J connectivity index is 3.54. The van der Waals surface area contributed by atoms with Gasteiger partial charge in [0.15, 0.2) is 0 Å². The SMILES string of the molecule is CC(=[NH2+])SC(=N)CN(C)C. The molecule has 58 valence electrons. The lowest BCUT2D eigenvalue weighted by molar-refractivity contribution is -0.109. The van der Waals surface area contributed by atoms with Crippen molar-refractivity contribution in [1.82, 2.24) is 4.90 Å². The van der Waals surface area contributed by atoms with Crippen LogP contribution in [0.2, 0.25) is 0 Å². The quantitative estimate of drug-likeness (QED) is 0.420. The van der Waals surface area contributed by atoms with E-state index in [4.69, 9.17) is 10.8 Å².